The normalized spacial score (nSPS) is 15.7. The van der Waals surface area contributed by atoms with Gasteiger partial charge in [0.1, 0.15) is 37.7 Å². The van der Waals surface area contributed by atoms with Gasteiger partial charge in [0.15, 0.2) is 1.61 Å². The first-order valence-corrected chi connectivity index (χ1v) is 21.9. The Morgan fingerprint density at radius 2 is 0.875 bits per heavy atom. The van der Waals surface area contributed by atoms with Gasteiger partial charge in [-0.15, -0.1) is 4.70 Å². The van der Waals surface area contributed by atoms with Gasteiger partial charge in [-0.05, 0) is 98.8 Å². The average Bonchev–Trinajstić information content (AvgIpc) is 3.16. The predicted molar refractivity (Wildman–Crippen MR) is 258 cm³/mol. The van der Waals surface area contributed by atoms with E-state index in [2.05, 4.69) is 26.9 Å². The number of benzene rings is 6. The second-order valence-electron chi connectivity index (χ2n) is 16.8. The Labute approximate surface area is 394 Å². The monoisotopic (exact) mass is 1100 g/mol. The summed E-state index contributed by atoms with van der Waals surface area (Å²) in [4.78, 5) is 0. The molecule has 334 valence electrons. The van der Waals surface area contributed by atoms with Crippen LogP contribution in [-0.2, 0) is 26.1 Å². The number of rotatable bonds is 7. The van der Waals surface area contributed by atoms with Crippen molar-refractivity contribution in [1.82, 2.24) is 0 Å². The largest absolute Gasteiger partial charge is 0.367 e. The summed E-state index contributed by atoms with van der Waals surface area (Å²) < 4.78 is -1.77. The molecule has 0 atom stereocenters. The fraction of sp³-hybridized carbons (Fsp3) is 0.200. The van der Waals surface area contributed by atoms with Crippen LogP contribution in [0.15, 0.2) is 109 Å². The van der Waals surface area contributed by atoms with Crippen LogP contribution in [0.5, 0.6) is 0 Å². The second kappa shape index (κ2) is 16.0. The zero-order valence-electron chi connectivity index (χ0n) is 34.7. The summed E-state index contributed by atoms with van der Waals surface area (Å²) in [7, 11) is 7.58. The maximum atomic E-state index is 12.3. The molecule has 0 bridgehead atoms. The standard InChI is InChI=1S/C45H47I2N7O10/c1-53(2)23-24-11-5-6-14-31(24)48-40-27(12-9-17-34(40)50-53)36-29(43(56,57)58)21-19-25(38(36)42(46,47)55)26-20-22-30(44(59,60)61)37(39(26)45(62,63)64)28-13-10-18-35-41(28)49-32-15-7-8-16-33(32)51-54(3,4)52-35/h5-22,48-52,55-64H,23H2,1-4H3/q+2. The fourth-order valence-electron chi connectivity index (χ4n) is 8.57. The van der Waals surface area contributed by atoms with Crippen LogP contribution in [0, 0.1) is 0 Å². The third kappa shape index (κ3) is 8.84. The Morgan fingerprint density at radius 1 is 0.438 bits per heavy atom. The van der Waals surface area contributed by atoms with Crippen molar-refractivity contribution in [3.8, 4) is 33.4 Å². The quantitative estimate of drug-likeness (QED) is 0.0431. The summed E-state index contributed by atoms with van der Waals surface area (Å²) in [5.74, 6) is -11.0. The molecule has 0 radical (unpaired) electrons. The van der Waals surface area contributed by atoms with Gasteiger partial charge in [0.25, 0.3) is 0 Å². The molecule has 0 spiro atoms. The predicted octanol–water partition coefficient (Wildman–Crippen LogP) is 5.07. The molecule has 17 nitrogen and oxygen atoms in total. The Kier molecular flexibility index (Phi) is 11.5. The smallest absolute Gasteiger partial charge is 0.305 e. The lowest BCUT2D eigenvalue weighted by molar-refractivity contribution is -0.882. The first-order valence-electron chi connectivity index (χ1n) is 19.7. The SMILES string of the molecule is C[N+]1(C)Cc2ccccc2Nc2c(cccc2-c2c(C(O)(O)O)ccc(-c3ccc(C(O)(O)O)c(-c4cccc5c4Nc4ccccc4N[N+](C)(C)N5)c3C(O)(O)O)c2C(O)(I)I)N1. The summed E-state index contributed by atoms with van der Waals surface area (Å²) in [5.41, 5.74) is 12.1. The topological polar surface area (TPSA) is 262 Å². The molecule has 0 aliphatic carbocycles. The van der Waals surface area contributed by atoms with E-state index < -0.39 is 41.8 Å². The summed E-state index contributed by atoms with van der Waals surface area (Å²) >= 11 is 3.41. The number of halogens is 2. The Morgan fingerprint density at radius 3 is 1.41 bits per heavy atom. The van der Waals surface area contributed by atoms with Crippen molar-refractivity contribution in [2.45, 2.75) is 26.1 Å². The zero-order valence-corrected chi connectivity index (χ0v) is 39.0. The molecule has 2 aliphatic heterocycles. The molecule has 0 saturated carbocycles. The van der Waals surface area contributed by atoms with Crippen LogP contribution in [0.4, 0.5) is 39.8 Å². The molecule has 19 heteroatoms. The van der Waals surface area contributed by atoms with Crippen LogP contribution in [0.2, 0.25) is 0 Å². The van der Waals surface area contributed by atoms with Crippen LogP contribution in [-0.4, -0.2) is 88.5 Å². The number of anilines is 7. The summed E-state index contributed by atoms with van der Waals surface area (Å²) in [6.07, 6.45) is 0. The molecule has 8 rings (SSSR count). The molecule has 0 fully saturated rings. The van der Waals surface area contributed by atoms with Crippen LogP contribution in [0.25, 0.3) is 33.4 Å². The minimum Gasteiger partial charge on any atom is -0.367 e. The van der Waals surface area contributed by atoms with Gasteiger partial charge in [-0.2, -0.15) is 0 Å². The van der Waals surface area contributed by atoms with Crippen molar-refractivity contribution in [2.24, 2.45) is 0 Å². The molecule has 0 unspecified atom stereocenters. The van der Waals surface area contributed by atoms with E-state index in [9.17, 15) is 51.1 Å². The van der Waals surface area contributed by atoms with E-state index in [4.69, 9.17) is 0 Å². The van der Waals surface area contributed by atoms with Gasteiger partial charge in [-0.25, -0.2) is 20.9 Å². The highest BCUT2D eigenvalue weighted by Crippen LogP contribution is 2.55. The third-order valence-corrected chi connectivity index (χ3v) is 12.1. The maximum absolute atomic E-state index is 12.3. The molecule has 0 aromatic heterocycles. The fourth-order valence-corrected chi connectivity index (χ4v) is 9.69. The summed E-state index contributed by atoms with van der Waals surface area (Å²) in [6, 6.07) is 29.5. The molecule has 2 aliphatic rings. The molecule has 2 heterocycles. The summed E-state index contributed by atoms with van der Waals surface area (Å²) in [6.45, 7) is 0.562. The molecular formula is C45H47I2N7O10+2. The number of nitrogens with one attached hydrogen (secondary N) is 5. The number of quaternary nitrogens is 2. The lowest BCUT2D eigenvalue weighted by Gasteiger charge is -2.36. The van der Waals surface area contributed by atoms with E-state index in [0.717, 1.165) is 17.3 Å². The van der Waals surface area contributed by atoms with Crippen LogP contribution in [0.3, 0.4) is 0 Å². The van der Waals surface area contributed by atoms with Gasteiger partial charge >= 0.3 is 17.9 Å². The molecule has 6 aromatic carbocycles. The van der Waals surface area contributed by atoms with Crippen molar-refractivity contribution in [2.75, 3.05) is 55.1 Å². The molecule has 6 aromatic rings. The van der Waals surface area contributed by atoms with Crippen LogP contribution < -0.4 is 26.9 Å². The first-order chi connectivity index (χ1) is 29.7. The highest BCUT2D eigenvalue weighted by molar-refractivity contribution is 14.2. The Bertz CT molecular complexity index is 2620. The van der Waals surface area contributed by atoms with Crippen molar-refractivity contribution in [3.63, 3.8) is 0 Å². The van der Waals surface area contributed by atoms with Crippen molar-refractivity contribution in [1.29, 1.82) is 0 Å². The van der Waals surface area contributed by atoms with E-state index >= 15 is 0 Å². The lowest BCUT2D eigenvalue weighted by atomic mass is 9.81. The average molecular weight is 1100 g/mol. The number of fused-ring (bicyclic) bond motifs is 4. The van der Waals surface area contributed by atoms with E-state index in [0.29, 0.717) is 35.0 Å². The second-order valence-corrected chi connectivity index (χ2v) is 22.0. The highest BCUT2D eigenvalue weighted by Gasteiger charge is 2.42. The Balaban J connectivity index is 1.49. The molecule has 0 saturated heterocycles. The van der Waals surface area contributed by atoms with Gasteiger partial charge in [0.2, 0.25) is 0 Å². The van der Waals surface area contributed by atoms with E-state index in [-0.39, 0.29) is 48.4 Å². The molecule has 64 heavy (non-hydrogen) atoms. The number of hydrogen-bond acceptors (Lipinski definition) is 15. The van der Waals surface area contributed by atoms with E-state index in [1.807, 2.05) is 64.6 Å². The zero-order chi connectivity index (χ0) is 46.4. The number of aliphatic hydroxyl groups is 10. The number of hydrogen-bond donors (Lipinski definition) is 15. The number of alkyl halides is 2. The summed E-state index contributed by atoms with van der Waals surface area (Å²) in [5, 5.41) is 120. The minimum atomic E-state index is -3.82. The molecule has 15 N–H and O–H groups in total. The van der Waals surface area contributed by atoms with Gasteiger partial charge in [-0.3, -0.25) is 0 Å². The van der Waals surface area contributed by atoms with Gasteiger partial charge < -0.3 is 61.7 Å². The van der Waals surface area contributed by atoms with Gasteiger partial charge in [0.05, 0.1) is 36.7 Å². The van der Waals surface area contributed by atoms with Crippen molar-refractivity contribution in [3.05, 3.63) is 137 Å². The van der Waals surface area contributed by atoms with Gasteiger partial charge in [0, 0.05) is 50.2 Å². The number of para-hydroxylation sites is 5. The first kappa shape index (κ1) is 45.9. The molecule has 0 amide bonds. The molecular weight excluding hydrogens is 1050 g/mol. The van der Waals surface area contributed by atoms with Crippen molar-refractivity contribution >= 4 is 85.0 Å². The van der Waals surface area contributed by atoms with Crippen molar-refractivity contribution < 1.29 is 60.4 Å². The lowest BCUT2D eigenvalue weighted by Crippen LogP contribution is -2.50. The minimum absolute atomic E-state index is 0.0110. The van der Waals surface area contributed by atoms with E-state index in [1.54, 1.807) is 87.6 Å². The third-order valence-electron chi connectivity index (χ3n) is 11.0. The maximum Gasteiger partial charge on any atom is 0.305 e. The van der Waals surface area contributed by atoms with Gasteiger partial charge in [-0.1, -0.05) is 66.7 Å². The Hall–Kier alpha value is -4.70. The number of nitrogens with zero attached hydrogens (tertiary/aromatic N) is 2. The van der Waals surface area contributed by atoms with Crippen LogP contribution >= 0.6 is 45.2 Å². The van der Waals surface area contributed by atoms with E-state index in [1.165, 1.54) is 24.3 Å². The van der Waals surface area contributed by atoms with Crippen LogP contribution in [0.1, 0.15) is 27.8 Å². The highest BCUT2D eigenvalue weighted by atomic mass is 127.